The molecule has 0 amide bonds. The van der Waals surface area contributed by atoms with E-state index in [0.29, 0.717) is 5.02 Å². The average molecular weight is 287 g/mol. The Morgan fingerprint density at radius 2 is 2.27 bits per heavy atom. The summed E-state index contributed by atoms with van der Waals surface area (Å²) < 4.78 is 1.73. The maximum atomic E-state index is 5.89. The molecule has 0 spiro atoms. The van der Waals surface area contributed by atoms with Crippen molar-refractivity contribution in [3.63, 3.8) is 0 Å². The van der Waals surface area contributed by atoms with Gasteiger partial charge >= 0.3 is 0 Å². The predicted octanol–water partition coefficient (Wildman–Crippen LogP) is 2.86. The standard InChI is InChI=1S/C10H9BrClN3/c11-5-4-9-7-15(14-13-9)10-3-1-2-8(12)6-10/h1-3,6-7H,4-5H2. The van der Waals surface area contributed by atoms with Crippen molar-refractivity contribution in [1.82, 2.24) is 15.0 Å². The van der Waals surface area contributed by atoms with Crippen molar-refractivity contribution < 1.29 is 0 Å². The van der Waals surface area contributed by atoms with Crippen molar-refractivity contribution in [3.05, 3.63) is 41.2 Å². The van der Waals surface area contributed by atoms with Crippen LogP contribution in [0.4, 0.5) is 0 Å². The lowest BCUT2D eigenvalue weighted by Crippen LogP contribution is -1.93. The van der Waals surface area contributed by atoms with Crippen LogP contribution in [0.15, 0.2) is 30.5 Å². The molecule has 0 aliphatic carbocycles. The third kappa shape index (κ3) is 2.58. The molecule has 5 heteroatoms. The molecule has 2 aromatic rings. The summed E-state index contributed by atoms with van der Waals surface area (Å²) in [6.07, 6.45) is 2.79. The molecule has 0 radical (unpaired) electrons. The molecule has 1 aromatic carbocycles. The van der Waals surface area contributed by atoms with E-state index in [0.717, 1.165) is 23.1 Å². The van der Waals surface area contributed by atoms with Crippen LogP contribution in [0.25, 0.3) is 5.69 Å². The zero-order valence-electron chi connectivity index (χ0n) is 7.90. The number of benzene rings is 1. The summed E-state index contributed by atoms with van der Waals surface area (Å²) in [6, 6.07) is 7.53. The fraction of sp³-hybridized carbons (Fsp3) is 0.200. The highest BCUT2D eigenvalue weighted by atomic mass is 79.9. The zero-order chi connectivity index (χ0) is 10.7. The van der Waals surface area contributed by atoms with Crippen molar-refractivity contribution >= 4 is 27.5 Å². The lowest BCUT2D eigenvalue weighted by atomic mass is 10.3. The van der Waals surface area contributed by atoms with E-state index in [-0.39, 0.29) is 0 Å². The Balaban J connectivity index is 2.29. The summed E-state index contributed by atoms with van der Waals surface area (Å²) in [4.78, 5) is 0. The first-order chi connectivity index (χ1) is 7.29. The molecule has 0 bridgehead atoms. The van der Waals surface area contributed by atoms with Gasteiger partial charge in [-0.15, -0.1) is 5.10 Å². The molecular weight excluding hydrogens is 277 g/mol. The van der Waals surface area contributed by atoms with Gasteiger partial charge in [-0.2, -0.15) is 0 Å². The van der Waals surface area contributed by atoms with Gasteiger partial charge in [-0.05, 0) is 18.2 Å². The van der Waals surface area contributed by atoms with Crippen molar-refractivity contribution in [1.29, 1.82) is 0 Å². The van der Waals surface area contributed by atoms with Crippen LogP contribution in [0, 0.1) is 0 Å². The van der Waals surface area contributed by atoms with Gasteiger partial charge in [0.25, 0.3) is 0 Å². The van der Waals surface area contributed by atoms with Crippen molar-refractivity contribution in [2.75, 3.05) is 5.33 Å². The second-order valence-electron chi connectivity index (χ2n) is 3.07. The van der Waals surface area contributed by atoms with Crippen LogP contribution < -0.4 is 0 Å². The van der Waals surface area contributed by atoms with E-state index < -0.39 is 0 Å². The maximum Gasteiger partial charge on any atom is 0.0840 e. The topological polar surface area (TPSA) is 30.7 Å². The largest absolute Gasteiger partial charge is 0.220 e. The van der Waals surface area contributed by atoms with Gasteiger partial charge in [0.1, 0.15) is 0 Å². The molecule has 0 aliphatic rings. The molecule has 1 heterocycles. The molecule has 0 unspecified atom stereocenters. The lowest BCUT2D eigenvalue weighted by Gasteiger charge is -1.99. The number of hydrogen-bond donors (Lipinski definition) is 0. The number of aromatic nitrogens is 3. The van der Waals surface area contributed by atoms with E-state index in [9.17, 15) is 0 Å². The fourth-order valence-electron chi connectivity index (χ4n) is 1.25. The smallest absolute Gasteiger partial charge is 0.0840 e. The minimum atomic E-state index is 0.699. The van der Waals surface area contributed by atoms with Gasteiger partial charge < -0.3 is 0 Å². The summed E-state index contributed by atoms with van der Waals surface area (Å²) in [7, 11) is 0. The first-order valence-electron chi connectivity index (χ1n) is 4.53. The maximum absolute atomic E-state index is 5.89. The normalized spacial score (nSPS) is 10.5. The molecular formula is C10H9BrClN3. The Hall–Kier alpha value is -0.870. The molecule has 0 aliphatic heterocycles. The first kappa shape index (κ1) is 10.6. The number of alkyl halides is 1. The van der Waals surface area contributed by atoms with E-state index in [1.165, 1.54) is 0 Å². The molecule has 0 fully saturated rings. The van der Waals surface area contributed by atoms with Gasteiger partial charge in [-0.1, -0.05) is 38.8 Å². The van der Waals surface area contributed by atoms with Crippen molar-refractivity contribution in [2.24, 2.45) is 0 Å². The second kappa shape index (κ2) is 4.77. The minimum Gasteiger partial charge on any atom is -0.220 e. The molecule has 2 rings (SSSR count). The molecule has 78 valence electrons. The van der Waals surface area contributed by atoms with E-state index in [2.05, 4.69) is 26.2 Å². The quantitative estimate of drug-likeness (QED) is 0.812. The highest BCUT2D eigenvalue weighted by Gasteiger charge is 2.02. The van der Waals surface area contributed by atoms with E-state index >= 15 is 0 Å². The van der Waals surface area contributed by atoms with Gasteiger partial charge in [0.15, 0.2) is 0 Å². The SMILES string of the molecule is Clc1cccc(-n2cc(CCBr)nn2)c1. The summed E-state index contributed by atoms with van der Waals surface area (Å²) in [5, 5.41) is 9.67. The van der Waals surface area contributed by atoms with Gasteiger partial charge in [-0.3, -0.25) is 0 Å². The monoisotopic (exact) mass is 285 g/mol. The minimum absolute atomic E-state index is 0.699. The van der Waals surface area contributed by atoms with E-state index in [1.54, 1.807) is 4.68 Å². The summed E-state index contributed by atoms with van der Waals surface area (Å²) >= 11 is 9.26. The third-order valence-corrected chi connectivity index (χ3v) is 2.60. The fourth-order valence-corrected chi connectivity index (χ4v) is 1.85. The Morgan fingerprint density at radius 1 is 1.40 bits per heavy atom. The van der Waals surface area contributed by atoms with Crippen LogP contribution in [0.3, 0.4) is 0 Å². The van der Waals surface area contributed by atoms with Gasteiger partial charge in [0.05, 0.1) is 17.6 Å². The van der Waals surface area contributed by atoms with Gasteiger partial charge in [-0.25, -0.2) is 4.68 Å². The summed E-state index contributed by atoms with van der Waals surface area (Å²) in [5.74, 6) is 0. The molecule has 1 aromatic heterocycles. The van der Waals surface area contributed by atoms with Crippen LogP contribution in [0.1, 0.15) is 5.69 Å². The second-order valence-corrected chi connectivity index (χ2v) is 4.30. The Labute approximate surface area is 101 Å². The number of aryl methyl sites for hydroxylation is 1. The molecule has 0 atom stereocenters. The van der Waals surface area contributed by atoms with Gasteiger partial charge in [0.2, 0.25) is 0 Å². The molecule has 3 nitrogen and oxygen atoms in total. The van der Waals surface area contributed by atoms with Crippen molar-refractivity contribution in [3.8, 4) is 5.69 Å². The number of rotatable bonds is 3. The Morgan fingerprint density at radius 3 is 3.00 bits per heavy atom. The summed E-state index contributed by atoms with van der Waals surface area (Å²) in [5.41, 5.74) is 1.89. The third-order valence-electron chi connectivity index (χ3n) is 1.96. The van der Waals surface area contributed by atoms with E-state index in [1.807, 2.05) is 30.5 Å². The van der Waals surface area contributed by atoms with Crippen LogP contribution in [0.5, 0.6) is 0 Å². The Kier molecular flexibility index (Phi) is 3.38. The van der Waals surface area contributed by atoms with E-state index in [4.69, 9.17) is 11.6 Å². The molecule has 0 N–H and O–H groups in total. The zero-order valence-corrected chi connectivity index (χ0v) is 10.2. The number of nitrogens with zero attached hydrogens (tertiary/aromatic N) is 3. The van der Waals surface area contributed by atoms with Crippen LogP contribution in [0.2, 0.25) is 5.02 Å². The summed E-state index contributed by atoms with van der Waals surface area (Å²) in [6.45, 7) is 0. The lowest BCUT2D eigenvalue weighted by molar-refractivity contribution is 0.798. The highest BCUT2D eigenvalue weighted by molar-refractivity contribution is 9.09. The first-order valence-corrected chi connectivity index (χ1v) is 6.02. The molecule has 0 saturated carbocycles. The van der Waals surface area contributed by atoms with Crippen molar-refractivity contribution in [2.45, 2.75) is 6.42 Å². The van der Waals surface area contributed by atoms with Crippen LogP contribution >= 0.6 is 27.5 Å². The predicted molar refractivity (Wildman–Crippen MR) is 63.9 cm³/mol. The van der Waals surface area contributed by atoms with Gasteiger partial charge in [0, 0.05) is 16.8 Å². The molecule has 0 saturated heterocycles. The van der Waals surface area contributed by atoms with Crippen LogP contribution in [-0.4, -0.2) is 20.3 Å². The molecule has 15 heavy (non-hydrogen) atoms. The average Bonchev–Trinajstić information content (AvgIpc) is 2.67. The highest BCUT2D eigenvalue weighted by Crippen LogP contribution is 2.14. The Bertz CT molecular complexity index is 455. The number of hydrogen-bond acceptors (Lipinski definition) is 2. The number of halogens is 2. The van der Waals surface area contributed by atoms with Crippen LogP contribution in [-0.2, 0) is 6.42 Å².